The lowest BCUT2D eigenvalue weighted by molar-refractivity contribution is -0.119. The molecule has 0 aromatic heterocycles. The smallest absolute Gasteiger partial charge is 0.145 e. The van der Waals surface area contributed by atoms with Crippen LogP contribution in [0.15, 0.2) is 18.2 Å². The first kappa shape index (κ1) is 12.1. The van der Waals surface area contributed by atoms with Crippen molar-refractivity contribution in [3.63, 3.8) is 0 Å². The number of hydrogen-bond donors (Lipinski definition) is 0. The molecular formula is C11H12ClFO2. The number of halogens is 2. The minimum absolute atomic E-state index is 0.0482. The summed E-state index contributed by atoms with van der Waals surface area (Å²) in [5.41, 5.74) is 0.337. The summed E-state index contributed by atoms with van der Waals surface area (Å²) in [6.07, 6.45) is 0.359. The van der Waals surface area contributed by atoms with Gasteiger partial charge in [0.2, 0.25) is 0 Å². The molecule has 0 unspecified atom stereocenters. The SMILES string of the molecule is COCCC(=O)Cc1cccc(Cl)c1F. The summed E-state index contributed by atoms with van der Waals surface area (Å²) in [4.78, 5) is 11.3. The van der Waals surface area contributed by atoms with Gasteiger partial charge in [0.05, 0.1) is 11.6 Å². The second kappa shape index (κ2) is 5.83. The third-order valence-corrected chi connectivity index (χ3v) is 2.30. The second-order valence-corrected chi connectivity index (χ2v) is 3.58. The van der Waals surface area contributed by atoms with E-state index in [0.717, 1.165) is 0 Å². The summed E-state index contributed by atoms with van der Waals surface area (Å²) >= 11 is 5.59. The van der Waals surface area contributed by atoms with Crippen molar-refractivity contribution < 1.29 is 13.9 Å². The van der Waals surface area contributed by atoms with Gasteiger partial charge in [-0.25, -0.2) is 4.39 Å². The third kappa shape index (κ3) is 3.61. The summed E-state index contributed by atoms with van der Waals surface area (Å²) in [5.74, 6) is -0.567. The van der Waals surface area contributed by atoms with Crippen LogP contribution in [0.2, 0.25) is 5.02 Å². The van der Waals surface area contributed by atoms with Crippen molar-refractivity contribution in [1.82, 2.24) is 0 Å². The molecule has 0 spiro atoms. The van der Waals surface area contributed by atoms with Crippen molar-refractivity contribution in [2.24, 2.45) is 0 Å². The van der Waals surface area contributed by atoms with Crippen molar-refractivity contribution in [2.45, 2.75) is 12.8 Å². The predicted octanol–water partition coefficient (Wildman–Crippen LogP) is 2.63. The highest BCUT2D eigenvalue weighted by atomic mass is 35.5. The van der Waals surface area contributed by atoms with Crippen molar-refractivity contribution in [2.75, 3.05) is 13.7 Å². The first-order chi connectivity index (χ1) is 7.15. The van der Waals surface area contributed by atoms with Crippen LogP contribution < -0.4 is 0 Å². The molecule has 0 bridgehead atoms. The number of methoxy groups -OCH3 is 1. The molecule has 15 heavy (non-hydrogen) atoms. The molecule has 0 atom stereocenters. The number of hydrogen-bond acceptors (Lipinski definition) is 2. The van der Waals surface area contributed by atoms with Crippen molar-refractivity contribution >= 4 is 17.4 Å². The van der Waals surface area contributed by atoms with Crippen molar-refractivity contribution in [1.29, 1.82) is 0 Å². The van der Waals surface area contributed by atoms with Gasteiger partial charge in [0, 0.05) is 20.0 Å². The lowest BCUT2D eigenvalue weighted by atomic mass is 10.1. The van der Waals surface area contributed by atoms with Gasteiger partial charge in [-0.3, -0.25) is 4.79 Å². The zero-order valence-corrected chi connectivity index (χ0v) is 9.18. The van der Waals surface area contributed by atoms with Crippen LogP contribution in [0.1, 0.15) is 12.0 Å². The molecule has 1 rings (SSSR count). The largest absolute Gasteiger partial charge is 0.384 e. The molecule has 1 aromatic rings. The topological polar surface area (TPSA) is 26.3 Å². The van der Waals surface area contributed by atoms with E-state index in [4.69, 9.17) is 16.3 Å². The molecule has 0 aliphatic carbocycles. The maximum Gasteiger partial charge on any atom is 0.145 e. The molecule has 0 aliphatic rings. The maximum absolute atomic E-state index is 13.4. The zero-order valence-electron chi connectivity index (χ0n) is 8.43. The van der Waals surface area contributed by atoms with Crippen LogP contribution >= 0.6 is 11.6 Å². The van der Waals surface area contributed by atoms with E-state index in [-0.39, 0.29) is 17.2 Å². The molecule has 0 aliphatic heterocycles. The van der Waals surface area contributed by atoms with Crippen LogP contribution in [0.3, 0.4) is 0 Å². The Bertz CT molecular complexity index is 352. The van der Waals surface area contributed by atoms with Gasteiger partial charge < -0.3 is 4.74 Å². The number of carbonyl (C=O) groups is 1. The molecular weight excluding hydrogens is 219 g/mol. The van der Waals surface area contributed by atoms with Crippen LogP contribution in [0.4, 0.5) is 4.39 Å². The Labute approximate surface area is 93.0 Å². The van der Waals surface area contributed by atoms with Crippen LogP contribution in [-0.2, 0) is 16.0 Å². The van der Waals surface area contributed by atoms with Gasteiger partial charge in [0.25, 0.3) is 0 Å². The molecule has 0 amide bonds. The Balaban J connectivity index is 2.64. The molecule has 2 nitrogen and oxygen atoms in total. The highest BCUT2D eigenvalue weighted by Gasteiger charge is 2.10. The summed E-state index contributed by atoms with van der Waals surface area (Å²) in [5, 5.41) is 0.0482. The van der Waals surface area contributed by atoms with Gasteiger partial charge in [-0.1, -0.05) is 23.7 Å². The van der Waals surface area contributed by atoms with Gasteiger partial charge in [0.1, 0.15) is 11.6 Å². The Morgan fingerprint density at radius 1 is 1.53 bits per heavy atom. The summed E-state index contributed by atoms with van der Waals surface area (Å²) in [6, 6.07) is 4.65. The average molecular weight is 231 g/mol. The normalized spacial score (nSPS) is 10.3. The fourth-order valence-corrected chi connectivity index (χ4v) is 1.40. The van der Waals surface area contributed by atoms with E-state index in [1.54, 1.807) is 12.1 Å². The van der Waals surface area contributed by atoms with E-state index in [1.165, 1.54) is 13.2 Å². The minimum atomic E-state index is -0.509. The Kier molecular flexibility index (Phi) is 4.72. The predicted molar refractivity (Wildman–Crippen MR) is 56.6 cm³/mol. The highest BCUT2D eigenvalue weighted by Crippen LogP contribution is 2.18. The standard InChI is InChI=1S/C11H12ClFO2/c1-15-6-5-9(14)7-8-3-2-4-10(12)11(8)13/h2-4H,5-7H2,1H3. The highest BCUT2D eigenvalue weighted by molar-refractivity contribution is 6.30. The number of benzene rings is 1. The van der Waals surface area contributed by atoms with Gasteiger partial charge >= 0.3 is 0 Å². The van der Waals surface area contributed by atoms with Crippen LogP contribution in [-0.4, -0.2) is 19.5 Å². The molecule has 4 heteroatoms. The van der Waals surface area contributed by atoms with Gasteiger partial charge in [0.15, 0.2) is 0 Å². The van der Waals surface area contributed by atoms with Crippen LogP contribution in [0, 0.1) is 5.82 Å². The molecule has 0 radical (unpaired) electrons. The molecule has 0 saturated carbocycles. The average Bonchev–Trinajstić information content (AvgIpc) is 2.22. The Morgan fingerprint density at radius 2 is 2.27 bits per heavy atom. The molecule has 82 valence electrons. The van der Waals surface area contributed by atoms with Gasteiger partial charge in [-0.2, -0.15) is 0 Å². The fourth-order valence-electron chi connectivity index (χ4n) is 1.20. The second-order valence-electron chi connectivity index (χ2n) is 3.17. The maximum atomic E-state index is 13.4. The quantitative estimate of drug-likeness (QED) is 0.777. The van der Waals surface area contributed by atoms with E-state index in [9.17, 15) is 9.18 Å². The van der Waals surface area contributed by atoms with E-state index in [0.29, 0.717) is 18.6 Å². The Hall–Kier alpha value is -0.930. The summed E-state index contributed by atoms with van der Waals surface area (Å²) < 4.78 is 18.1. The first-order valence-corrected chi connectivity index (χ1v) is 4.96. The third-order valence-electron chi connectivity index (χ3n) is 2.00. The van der Waals surface area contributed by atoms with Crippen LogP contribution in [0.5, 0.6) is 0 Å². The van der Waals surface area contributed by atoms with Crippen LogP contribution in [0.25, 0.3) is 0 Å². The van der Waals surface area contributed by atoms with E-state index < -0.39 is 5.82 Å². The lowest BCUT2D eigenvalue weighted by Crippen LogP contribution is -2.07. The molecule has 0 fully saturated rings. The molecule has 0 N–H and O–H groups in total. The van der Waals surface area contributed by atoms with Gasteiger partial charge in [-0.15, -0.1) is 0 Å². The number of rotatable bonds is 5. The van der Waals surface area contributed by atoms with Crippen molar-refractivity contribution in [3.05, 3.63) is 34.6 Å². The summed E-state index contributed by atoms with van der Waals surface area (Å²) in [7, 11) is 1.52. The van der Waals surface area contributed by atoms with E-state index >= 15 is 0 Å². The number of carbonyl (C=O) groups excluding carboxylic acids is 1. The molecule has 0 saturated heterocycles. The van der Waals surface area contributed by atoms with Crippen molar-refractivity contribution in [3.8, 4) is 0 Å². The van der Waals surface area contributed by atoms with E-state index in [2.05, 4.69) is 0 Å². The summed E-state index contributed by atoms with van der Waals surface area (Å²) in [6.45, 7) is 0.362. The zero-order chi connectivity index (χ0) is 11.3. The fraction of sp³-hybridized carbons (Fsp3) is 0.364. The molecule has 0 heterocycles. The first-order valence-electron chi connectivity index (χ1n) is 4.58. The Morgan fingerprint density at radius 3 is 2.93 bits per heavy atom. The number of Topliss-reactive ketones (excluding diaryl/α,β-unsaturated/α-hetero) is 1. The van der Waals surface area contributed by atoms with E-state index in [1.807, 2.05) is 0 Å². The number of ether oxygens (including phenoxy) is 1. The van der Waals surface area contributed by atoms with Gasteiger partial charge in [-0.05, 0) is 11.6 Å². The number of ketones is 1. The lowest BCUT2D eigenvalue weighted by Gasteiger charge is -2.03. The monoisotopic (exact) mass is 230 g/mol. The molecule has 1 aromatic carbocycles. The minimum Gasteiger partial charge on any atom is -0.384 e.